The van der Waals surface area contributed by atoms with E-state index in [2.05, 4.69) is 5.32 Å². The van der Waals surface area contributed by atoms with E-state index < -0.39 is 29.6 Å². The normalized spacial score (nSPS) is 13.1. The van der Waals surface area contributed by atoms with Gasteiger partial charge in [-0.2, -0.15) is 0 Å². The molecule has 0 spiro atoms. The van der Waals surface area contributed by atoms with Crippen molar-refractivity contribution in [2.75, 3.05) is 12.4 Å². The van der Waals surface area contributed by atoms with E-state index >= 15 is 0 Å². The Morgan fingerprint density at radius 2 is 1.83 bits per heavy atom. The molecule has 0 heterocycles. The highest BCUT2D eigenvalue weighted by molar-refractivity contribution is 7.85. The molecule has 4 nitrogen and oxygen atoms in total. The molecule has 0 saturated heterocycles. The number of carbonyl (C=O) groups is 1. The molecule has 1 amide bonds. The van der Waals surface area contributed by atoms with Crippen LogP contribution < -0.4 is 5.32 Å². The summed E-state index contributed by atoms with van der Waals surface area (Å²) in [6.45, 7) is 1.23. The average Bonchev–Trinajstić information content (AvgIpc) is 2.60. The van der Waals surface area contributed by atoms with Gasteiger partial charge in [0.2, 0.25) is 0 Å². The highest BCUT2D eigenvalue weighted by atomic mass is 32.2. The van der Waals surface area contributed by atoms with Crippen LogP contribution in [0.4, 0.5) is 9.18 Å². The zero-order valence-electron chi connectivity index (χ0n) is 13.4. The van der Waals surface area contributed by atoms with Gasteiger partial charge in [-0.3, -0.25) is 4.21 Å². The first-order valence-corrected chi connectivity index (χ1v) is 8.88. The van der Waals surface area contributed by atoms with Crippen molar-refractivity contribution in [1.29, 1.82) is 0 Å². The monoisotopic (exact) mass is 349 g/mol. The number of carbonyl (C=O) groups excluding carboxylic acids is 1. The first-order valence-electron chi connectivity index (χ1n) is 7.56. The van der Waals surface area contributed by atoms with Crippen LogP contribution in [0.2, 0.25) is 0 Å². The van der Waals surface area contributed by atoms with Crippen molar-refractivity contribution in [2.24, 2.45) is 0 Å². The summed E-state index contributed by atoms with van der Waals surface area (Å²) in [7, 11) is -1.39. The zero-order chi connectivity index (χ0) is 17.4. The summed E-state index contributed by atoms with van der Waals surface area (Å²) < 4.78 is 30.4. The number of alkyl carbamates (subject to hydrolysis) is 1. The molecule has 128 valence electrons. The number of nitrogens with one attached hydrogen (secondary N) is 1. The van der Waals surface area contributed by atoms with E-state index in [1.54, 1.807) is 12.1 Å². The maximum Gasteiger partial charge on any atom is 0.407 e. The third-order valence-corrected chi connectivity index (χ3v) is 4.86. The van der Waals surface area contributed by atoms with Gasteiger partial charge in [-0.15, -0.1) is 0 Å². The number of ether oxygens (including phenoxy) is 1. The van der Waals surface area contributed by atoms with Crippen LogP contribution >= 0.6 is 0 Å². The molecular weight excluding hydrogens is 329 g/mol. The highest BCUT2D eigenvalue weighted by Crippen LogP contribution is 2.10. The summed E-state index contributed by atoms with van der Waals surface area (Å²) in [5, 5.41) is 2.42. The molecule has 6 heteroatoms. The number of aryl methyl sites for hydroxylation is 1. The largest absolute Gasteiger partial charge is 0.445 e. The lowest BCUT2D eigenvalue weighted by Gasteiger charge is -2.15. The van der Waals surface area contributed by atoms with Gasteiger partial charge in [-0.05, 0) is 24.6 Å². The number of rotatable bonds is 7. The van der Waals surface area contributed by atoms with E-state index in [4.69, 9.17) is 4.74 Å². The molecule has 1 N–H and O–H groups in total. The SMILES string of the molecule is Cc1ccc([S@](=O)C[C@@H](CF)NC(=O)OCc2ccccc2)cc1. The van der Waals surface area contributed by atoms with Gasteiger partial charge in [0.15, 0.2) is 0 Å². The Morgan fingerprint density at radius 3 is 2.46 bits per heavy atom. The van der Waals surface area contributed by atoms with E-state index in [0.29, 0.717) is 4.90 Å². The molecule has 2 rings (SSSR count). The summed E-state index contributed by atoms with van der Waals surface area (Å²) in [5.41, 5.74) is 1.90. The van der Waals surface area contributed by atoms with Crippen LogP contribution in [0, 0.1) is 6.92 Å². The maximum atomic E-state index is 13.1. The molecule has 0 fully saturated rings. The lowest BCUT2D eigenvalue weighted by Crippen LogP contribution is -2.40. The Kier molecular flexibility index (Phi) is 6.93. The third-order valence-electron chi connectivity index (χ3n) is 3.36. The van der Waals surface area contributed by atoms with Gasteiger partial charge >= 0.3 is 6.09 Å². The van der Waals surface area contributed by atoms with Gasteiger partial charge in [0.25, 0.3) is 0 Å². The molecule has 24 heavy (non-hydrogen) atoms. The molecule has 0 aliphatic rings. The first-order chi connectivity index (χ1) is 11.6. The van der Waals surface area contributed by atoms with Gasteiger partial charge in [-0.25, -0.2) is 9.18 Å². The van der Waals surface area contributed by atoms with Gasteiger partial charge in [0, 0.05) is 4.90 Å². The Morgan fingerprint density at radius 1 is 1.17 bits per heavy atom. The van der Waals surface area contributed by atoms with Crippen LogP contribution in [-0.4, -0.2) is 28.8 Å². The Bertz CT molecular complexity index is 676. The maximum absolute atomic E-state index is 13.1. The predicted octanol–water partition coefficient (Wildman–Crippen LogP) is 3.37. The van der Waals surface area contributed by atoms with Gasteiger partial charge in [0.1, 0.15) is 13.3 Å². The van der Waals surface area contributed by atoms with E-state index in [1.807, 2.05) is 49.4 Å². The van der Waals surface area contributed by atoms with Crippen LogP contribution in [0.15, 0.2) is 59.5 Å². The quantitative estimate of drug-likeness (QED) is 0.834. The number of halogens is 1. The van der Waals surface area contributed by atoms with Crippen molar-refractivity contribution >= 4 is 16.9 Å². The Labute approximate surface area is 143 Å². The van der Waals surface area contributed by atoms with Crippen LogP contribution in [-0.2, 0) is 22.1 Å². The minimum atomic E-state index is -1.39. The van der Waals surface area contributed by atoms with Crippen molar-refractivity contribution in [3.63, 3.8) is 0 Å². The molecule has 0 bridgehead atoms. The molecule has 0 saturated carbocycles. The fourth-order valence-electron chi connectivity index (χ4n) is 2.03. The minimum absolute atomic E-state index is 0.00000205. The molecule has 0 aliphatic carbocycles. The van der Waals surface area contributed by atoms with Crippen LogP contribution in [0.3, 0.4) is 0 Å². The number of benzene rings is 2. The van der Waals surface area contributed by atoms with Crippen molar-refractivity contribution in [2.45, 2.75) is 24.5 Å². The van der Waals surface area contributed by atoms with Gasteiger partial charge < -0.3 is 10.1 Å². The molecule has 0 unspecified atom stereocenters. The standard InChI is InChI=1S/C18H20FNO3S/c1-14-7-9-17(10-8-14)24(22)13-16(11-19)20-18(21)23-12-15-5-3-2-4-6-15/h2-10,16H,11-13H2,1H3,(H,20,21)/t16-,24-/m1/s1. The first kappa shape index (κ1) is 18.1. The van der Waals surface area contributed by atoms with Crippen molar-refractivity contribution in [3.05, 3.63) is 65.7 Å². The van der Waals surface area contributed by atoms with Gasteiger partial charge in [0.05, 0.1) is 22.6 Å². The number of hydrogen-bond donors (Lipinski definition) is 1. The number of amides is 1. The molecule has 0 aromatic heterocycles. The Balaban J connectivity index is 1.83. The summed E-state index contributed by atoms with van der Waals surface area (Å²) in [6.07, 6.45) is -0.720. The van der Waals surface area contributed by atoms with Gasteiger partial charge in [-0.1, -0.05) is 48.0 Å². The molecule has 2 aromatic rings. The van der Waals surface area contributed by atoms with Crippen molar-refractivity contribution < 1.29 is 18.1 Å². The minimum Gasteiger partial charge on any atom is -0.445 e. The number of alkyl halides is 1. The summed E-state index contributed by atoms with van der Waals surface area (Å²) in [4.78, 5) is 12.4. The van der Waals surface area contributed by atoms with Crippen LogP contribution in [0.5, 0.6) is 0 Å². The van der Waals surface area contributed by atoms with Crippen LogP contribution in [0.25, 0.3) is 0 Å². The second-order valence-electron chi connectivity index (χ2n) is 5.38. The predicted molar refractivity (Wildman–Crippen MR) is 92.0 cm³/mol. The molecule has 0 aliphatic heterocycles. The molecule has 0 radical (unpaired) electrons. The lowest BCUT2D eigenvalue weighted by molar-refractivity contribution is 0.135. The van der Waals surface area contributed by atoms with Crippen molar-refractivity contribution in [3.8, 4) is 0 Å². The van der Waals surface area contributed by atoms with E-state index in [0.717, 1.165) is 11.1 Å². The summed E-state index contributed by atoms with van der Waals surface area (Å²) in [5.74, 6) is -0.00000205. The second kappa shape index (κ2) is 9.17. The molecule has 2 atom stereocenters. The smallest absolute Gasteiger partial charge is 0.407 e. The topological polar surface area (TPSA) is 55.4 Å². The van der Waals surface area contributed by atoms with E-state index in [1.165, 1.54) is 0 Å². The van der Waals surface area contributed by atoms with Crippen molar-refractivity contribution in [1.82, 2.24) is 5.32 Å². The average molecular weight is 349 g/mol. The highest BCUT2D eigenvalue weighted by Gasteiger charge is 2.17. The summed E-state index contributed by atoms with van der Waals surface area (Å²) >= 11 is 0. The van der Waals surface area contributed by atoms with E-state index in [9.17, 15) is 13.4 Å². The third kappa shape index (κ3) is 5.77. The fraction of sp³-hybridized carbons (Fsp3) is 0.278. The second-order valence-corrected chi connectivity index (χ2v) is 6.88. The zero-order valence-corrected chi connectivity index (χ0v) is 14.2. The number of hydrogen-bond acceptors (Lipinski definition) is 3. The van der Waals surface area contributed by atoms with E-state index in [-0.39, 0.29) is 12.4 Å². The van der Waals surface area contributed by atoms with Crippen LogP contribution in [0.1, 0.15) is 11.1 Å². The molecule has 2 aromatic carbocycles. The summed E-state index contributed by atoms with van der Waals surface area (Å²) in [6, 6.07) is 15.5. The lowest BCUT2D eigenvalue weighted by atomic mass is 10.2. The fourth-order valence-corrected chi connectivity index (χ4v) is 3.20. The molecular formula is C18H20FNO3S. The Hall–Kier alpha value is -2.21.